The Kier molecular flexibility index (Phi) is 14.2. The van der Waals surface area contributed by atoms with Gasteiger partial charge in [0.1, 0.15) is 24.0 Å². The lowest BCUT2D eigenvalue weighted by Crippen LogP contribution is -2.61. The molecule has 3 aliphatic heterocycles. The van der Waals surface area contributed by atoms with Gasteiger partial charge in [0.15, 0.2) is 0 Å². The van der Waals surface area contributed by atoms with Crippen LogP contribution in [0.5, 0.6) is 11.5 Å². The Hall–Kier alpha value is -6.18. The fourth-order valence-corrected chi connectivity index (χ4v) is 10.5. The summed E-state index contributed by atoms with van der Waals surface area (Å²) >= 11 is 0. The molecule has 0 N–H and O–H groups in total. The molecular formula is C62H72B6N4O7. The van der Waals surface area contributed by atoms with Crippen LogP contribution in [0, 0.1) is 0 Å². The van der Waals surface area contributed by atoms with E-state index in [2.05, 4.69) is 258 Å². The van der Waals surface area contributed by atoms with E-state index in [4.69, 9.17) is 37.2 Å². The molecule has 79 heavy (non-hydrogen) atoms. The molecule has 0 amide bonds. The molecule has 0 bridgehead atoms. The van der Waals surface area contributed by atoms with Crippen molar-refractivity contribution in [3.8, 4) is 28.4 Å². The summed E-state index contributed by atoms with van der Waals surface area (Å²) in [5.41, 5.74) is 11.2. The van der Waals surface area contributed by atoms with Gasteiger partial charge < -0.3 is 42.0 Å². The Balaban J connectivity index is 0.963. The topological polar surface area (TPSA) is 88.9 Å². The molecule has 6 aromatic carbocycles. The van der Waals surface area contributed by atoms with Gasteiger partial charge in [0.25, 0.3) is 0 Å². The highest BCUT2D eigenvalue weighted by atomic mass is 16.7. The van der Waals surface area contributed by atoms with Gasteiger partial charge in [0, 0.05) is 40.5 Å². The third-order valence-electron chi connectivity index (χ3n) is 14.9. The van der Waals surface area contributed by atoms with Crippen molar-refractivity contribution in [1.82, 2.24) is 9.55 Å². The fourth-order valence-electron chi connectivity index (χ4n) is 10.5. The normalized spacial score (nSPS) is 16.0. The minimum Gasteiger partial charge on any atom is -0.457 e. The van der Waals surface area contributed by atoms with Crippen LogP contribution in [0.1, 0.15) is 109 Å². The Labute approximate surface area is 470 Å². The van der Waals surface area contributed by atoms with Crippen LogP contribution in [0.25, 0.3) is 38.8 Å². The molecule has 0 spiro atoms. The minimum atomic E-state index is -0.752. The molecule has 5 heterocycles. The van der Waals surface area contributed by atoms with Gasteiger partial charge in [-0.2, -0.15) is 0 Å². The lowest BCUT2D eigenvalue weighted by molar-refractivity contribution is 0.250. The highest BCUT2D eigenvalue weighted by molar-refractivity contribution is 6.83. The maximum atomic E-state index is 6.89. The predicted molar refractivity (Wildman–Crippen MR) is 330 cm³/mol. The number of anilines is 4. The van der Waals surface area contributed by atoms with E-state index in [1.165, 1.54) is 11.1 Å². The van der Waals surface area contributed by atoms with Gasteiger partial charge in [-0.15, -0.1) is 0 Å². The number of benzene rings is 6. The Morgan fingerprint density at radius 1 is 0.430 bits per heavy atom. The number of hydrogen-bond donors (Lipinski definition) is 0. The van der Waals surface area contributed by atoms with Gasteiger partial charge in [-0.3, -0.25) is 4.57 Å². The highest BCUT2D eigenvalue weighted by Gasteiger charge is 2.53. The second-order valence-corrected chi connectivity index (χ2v) is 27.0. The minimum absolute atomic E-state index is 0.0577. The Morgan fingerprint density at radius 3 is 1.53 bits per heavy atom. The van der Waals surface area contributed by atoms with Crippen LogP contribution in [0.4, 0.5) is 22.7 Å². The molecule has 0 atom stereocenters. The third-order valence-corrected chi connectivity index (χ3v) is 14.9. The number of hydrogen-bond acceptors (Lipinski definition) is 10. The summed E-state index contributed by atoms with van der Waals surface area (Å²) in [6.07, 6.45) is 1.92. The largest absolute Gasteiger partial charge is 0.466 e. The molecule has 11 rings (SSSR count). The van der Waals surface area contributed by atoms with Crippen LogP contribution < -0.4 is 25.5 Å². The van der Waals surface area contributed by atoms with Crippen molar-refractivity contribution in [3.05, 3.63) is 157 Å². The monoisotopic (exact) mass is 1050 g/mol. The quantitative estimate of drug-likeness (QED) is 0.137. The zero-order valence-corrected chi connectivity index (χ0v) is 48.8. The SMILES string of the molecule is CC(C)(C)B1OB(c2cc(B3OB(C(C)(C)C)OB(C(C)(C)C)O3)cc(N3CN(c4cccc(Oc5ccc6c7cc(-c8ccccc8)ccc7n(-c7cc(C(C)(C)C)ccn7)c6c5)c4)c4ccccc43)c2)OB(C(C)(C)C)O1. The fraction of sp³-hybridized carbons (Fsp3) is 0.339. The van der Waals surface area contributed by atoms with Gasteiger partial charge >= 0.3 is 42.7 Å². The van der Waals surface area contributed by atoms with Crippen molar-refractivity contribution in [2.45, 2.75) is 131 Å². The predicted octanol–water partition coefficient (Wildman–Crippen LogP) is 14.9. The first-order chi connectivity index (χ1) is 37.3. The number of pyridine rings is 1. The Bertz CT molecular complexity index is 3440. The van der Waals surface area contributed by atoms with Crippen molar-refractivity contribution in [3.63, 3.8) is 0 Å². The first kappa shape index (κ1) is 54.8. The van der Waals surface area contributed by atoms with Crippen molar-refractivity contribution in [1.29, 1.82) is 0 Å². The molecule has 2 aromatic heterocycles. The van der Waals surface area contributed by atoms with Crippen molar-refractivity contribution in [2.24, 2.45) is 0 Å². The van der Waals surface area contributed by atoms with Crippen molar-refractivity contribution < 1.29 is 32.2 Å². The average Bonchev–Trinajstić information content (AvgIpc) is 4.22. The van der Waals surface area contributed by atoms with Gasteiger partial charge in [-0.1, -0.05) is 165 Å². The van der Waals surface area contributed by atoms with Crippen LogP contribution in [0.2, 0.25) is 21.3 Å². The van der Waals surface area contributed by atoms with Crippen LogP contribution >= 0.6 is 0 Å². The second kappa shape index (κ2) is 20.4. The van der Waals surface area contributed by atoms with Crippen LogP contribution in [0.15, 0.2) is 152 Å². The van der Waals surface area contributed by atoms with Crippen molar-refractivity contribution >= 4 is 98.2 Å². The molecule has 3 aliphatic rings. The number of aromatic nitrogens is 2. The number of para-hydroxylation sites is 2. The van der Waals surface area contributed by atoms with E-state index in [1.54, 1.807) is 0 Å². The van der Waals surface area contributed by atoms with E-state index in [-0.39, 0.29) is 26.7 Å². The summed E-state index contributed by atoms with van der Waals surface area (Å²) in [4.78, 5) is 9.63. The molecule has 0 radical (unpaired) electrons. The molecule has 8 aromatic rings. The third kappa shape index (κ3) is 11.2. The summed E-state index contributed by atoms with van der Waals surface area (Å²) in [6, 6.07) is 51.3. The molecule has 11 nitrogen and oxygen atoms in total. The molecule has 2 saturated heterocycles. The van der Waals surface area contributed by atoms with E-state index in [0.717, 1.165) is 72.6 Å². The first-order valence-corrected chi connectivity index (χ1v) is 27.9. The number of ether oxygens (including phenoxy) is 1. The number of nitrogens with zero attached hydrogens (tertiary/aromatic N) is 4. The second-order valence-electron chi connectivity index (χ2n) is 27.0. The molecule has 400 valence electrons. The van der Waals surface area contributed by atoms with E-state index in [9.17, 15) is 0 Å². The molecule has 0 unspecified atom stereocenters. The van der Waals surface area contributed by atoms with Crippen LogP contribution in [-0.4, -0.2) is 58.9 Å². The van der Waals surface area contributed by atoms with Crippen LogP contribution in [0.3, 0.4) is 0 Å². The molecule has 0 aliphatic carbocycles. The number of rotatable bonds is 8. The standard InChI is InChI=1S/C62H72B6N4O7/c1-58(2,3)44-32-33-69-57(35-44)72-53-31-28-43(42-22-17-16-18-23-42)34-52(53)51-30-29-50(40-56(51)72)73-49-25-21-24-47(39-49)70-41-71(55-27-20-19-26-54(55)70)48-37-45(63-74-65(59(4,5)6)78-66(75-63)60(7,8)9)36-46(38-48)64-76-67(61(10,11)12)79-68(77-64)62(13,14)15/h16-40H,41H2,1-15H3. The zero-order chi connectivity index (χ0) is 56.0. The summed E-state index contributed by atoms with van der Waals surface area (Å²) < 4.78 is 49.5. The first-order valence-electron chi connectivity index (χ1n) is 27.9. The number of fused-ring (bicyclic) bond motifs is 4. The van der Waals surface area contributed by atoms with Gasteiger partial charge in [-0.05, 0) is 127 Å². The van der Waals surface area contributed by atoms with Crippen molar-refractivity contribution in [2.75, 3.05) is 16.5 Å². The lowest BCUT2D eigenvalue weighted by Gasteiger charge is -2.42. The van der Waals surface area contributed by atoms with Gasteiger partial charge in [0.2, 0.25) is 0 Å². The van der Waals surface area contributed by atoms with E-state index < -0.39 is 42.7 Å². The van der Waals surface area contributed by atoms with E-state index in [1.807, 2.05) is 12.3 Å². The lowest BCUT2D eigenvalue weighted by atomic mass is 9.49. The summed E-state index contributed by atoms with van der Waals surface area (Å²) in [7, 11) is -3.64. The van der Waals surface area contributed by atoms with Gasteiger partial charge in [-0.25, -0.2) is 4.98 Å². The Morgan fingerprint density at radius 2 is 0.975 bits per heavy atom. The maximum absolute atomic E-state index is 6.89. The average molecular weight is 1050 g/mol. The van der Waals surface area contributed by atoms with E-state index in [0.29, 0.717) is 12.4 Å². The summed E-state index contributed by atoms with van der Waals surface area (Å²) in [5, 5.41) is 0.940. The molecule has 2 fully saturated rings. The molecule has 17 heteroatoms. The molecular weight excluding hydrogens is 978 g/mol. The highest BCUT2D eigenvalue weighted by Crippen LogP contribution is 2.46. The summed E-state index contributed by atoms with van der Waals surface area (Å²) in [6.45, 7) is 32.8. The van der Waals surface area contributed by atoms with E-state index >= 15 is 0 Å². The maximum Gasteiger partial charge on any atom is 0.466 e. The van der Waals surface area contributed by atoms with Crippen LogP contribution in [-0.2, 0) is 32.8 Å². The zero-order valence-electron chi connectivity index (χ0n) is 48.8. The summed E-state index contributed by atoms with van der Waals surface area (Å²) in [5.74, 6) is 2.29. The smallest absolute Gasteiger partial charge is 0.457 e. The van der Waals surface area contributed by atoms with Gasteiger partial charge in [0.05, 0.1) is 22.4 Å². The molecule has 0 saturated carbocycles.